The van der Waals surface area contributed by atoms with Crippen LogP contribution in [0.1, 0.15) is 40.1 Å². The first-order valence-corrected chi connectivity index (χ1v) is 8.78. The molecule has 0 saturated heterocycles. The van der Waals surface area contributed by atoms with Crippen molar-refractivity contribution in [1.82, 2.24) is 5.32 Å². The summed E-state index contributed by atoms with van der Waals surface area (Å²) in [5, 5.41) is 5.86. The maximum absolute atomic E-state index is 12.7. The van der Waals surface area contributed by atoms with Gasteiger partial charge in [0.2, 0.25) is 0 Å². The third-order valence-corrected chi connectivity index (χ3v) is 5.02. The van der Waals surface area contributed by atoms with Crippen LogP contribution in [0.2, 0.25) is 0 Å². The van der Waals surface area contributed by atoms with Crippen molar-refractivity contribution in [1.29, 1.82) is 0 Å². The van der Waals surface area contributed by atoms with Crippen molar-refractivity contribution in [2.45, 2.75) is 25.0 Å². The maximum atomic E-state index is 12.7. The number of hydrogen-bond acceptors (Lipinski definition) is 6. The molecule has 4 rings (SSSR count). The number of hydrogen-bond donors (Lipinski definition) is 1. The number of nitrogens with zero attached hydrogens (tertiary/aromatic N) is 2. The molecule has 0 saturated carbocycles. The Balaban J connectivity index is 1.81. The third-order valence-electron chi connectivity index (χ3n) is 5.02. The number of amides is 1. The quantitative estimate of drug-likeness (QED) is 0.774. The first-order valence-electron chi connectivity index (χ1n) is 8.78. The summed E-state index contributed by atoms with van der Waals surface area (Å²) in [5.74, 6) is -0.466. The Bertz CT molecular complexity index is 962. The molecule has 0 fully saturated rings. The van der Waals surface area contributed by atoms with Gasteiger partial charge in [0, 0.05) is 12.1 Å². The number of nitrogens with one attached hydrogen (secondary N) is 1. The molecule has 152 valence electrons. The van der Waals surface area contributed by atoms with E-state index in [9.17, 15) is 22.9 Å². The predicted molar refractivity (Wildman–Crippen MR) is 96.8 cm³/mol. The van der Waals surface area contributed by atoms with E-state index < -0.39 is 30.2 Å². The molecule has 2 unspecified atom stereocenters. The van der Waals surface area contributed by atoms with Crippen molar-refractivity contribution in [3.8, 4) is 11.5 Å². The molecule has 2 aromatic rings. The Hall–Kier alpha value is -3.30. The first kappa shape index (κ1) is 19.0. The molecule has 1 N–H and O–H groups in total. The van der Waals surface area contributed by atoms with Crippen molar-refractivity contribution < 1.29 is 27.4 Å². The van der Waals surface area contributed by atoms with Gasteiger partial charge >= 0.3 is 6.36 Å². The van der Waals surface area contributed by atoms with E-state index in [4.69, 9.17) is 4.74 Å². The molecule has 0 radical (unpaired) electrons. The zero-order valence-electron chi connectivity index (χ0n) is 15.2. The molecule has 2 heterocycles. The molecule has 0 aliphatic carbocycles. The second-order valence-electron chi connectivity index (χ2n) is 6.71. The maximum Gasteiger partial charge on any atom is 0.573 e. The molecule has 2 aliphatic rings. The fourth-order valence-electron chi connectivity index (χ4n) is 3.80. The SMILES string of the molecule is COc1ccc(C2NC(=O)c3cc(OC(F)(F)F)cc4c3N2CCC4N=O)cc1. The average molecular weight is 407 g/mol. The number of methoxy groups -OCH3 is 1. The topological polar surface area (TPSA) is 80.2 Å². The largest absolute Gasteiger partial charge is 0.573 e. The standard InChI is InChI=1S/C19H16F3N3O4/c1-28-11-4-2-10(3-5-11)17-23-18(26)14-9-12(29-19(20,21)22)8-13-15(24-27)6-7-25(17)16(13)14/h2-5,8-9,15,17H,6-7H2,1H3,(H,23,26). The fourth-order valence-corrected chi connectivity index (χ4v) is 3.80. The molecule has 7 nitrogen and oxygen atoms in total. The highest BCUT2D eigenvalue weighted by molar-refractivity contribution is 6.03. The minimum absolute atomic E-state index is 0.0138. The number of halogens is 3. The van der Waals surface area contributed by atoms with Crippen LogP contribution < -0.4 is 19.7 Å². The van der Waals surface area contributed by atoms with Crippen molar-refractivity contribution in [2.24, 2.45) is 5.18 Å². The van der Waals surface area contributed by atoms with E-state index in [-0.39, 0.29) is 11.1 Å². The summed E-state index contributed by atoms with van der Waals surface area (Å²) < 4.78 is 47.2. The minimum atomic E-state index is -4.92. The molecule has 1 amide bonds. The van der Waals surface area contributed by atoms with E-state index in [1.54, 1.807) is 24.3 Å². The summed E-state index contributed by atoms with van der Waals surface area (Å²) in [7, 11) is 1.54. The number of anilines is 1. The summed E-state index contributed by atoms with van der Waals surface area (Å²) in [6, 6.07) is 8.38. The van der Waals surface area contributed by atoms with Crippen LogP contribution in [0.5, 0.6) is 11.5 Å². The van der Waals surface area contributed by atoms with E-state index in [0.29, 0.717) is 24.4 Å². The monoisotopic (exact) mass is 407 g/mol. The molecule has 2 atom stereocenters. The Morgan fingerprint density at radius 3 is 2.52 bits per heavy atom. The summed E-state index contributed by atoms with van der Waals surface area (Å²) in [5.41, 5.74) is 1.43. The first-order chi connectivity index (χ1) is 13.8. The number of ether oxygens (including phenoxy) is 2. The highest BCUT2D eigenvalue weighted by atomic mass is 19.4. The van der Waals surface area contributed by atoms with Crippen LogP contribution in [0.4, 0.5) is 18.9 Å². The van der Waals surface area contributed by atoms with Crippen molar-refractivity contribution >= 4 is 11.6 Å². The lowest BCUT2D eigenvalue weighted by Gasteiger charge is -2.44. The molecule has 0 spiro atoms. The number of carbonyl (C=O) groups excluding carboxylic acids is 1. The third kappa shape index (κ3) is 3.45. The lowest BCUT2D eigenvalue weighted by atomic mass is 9.90. The number of alkyl halides is 3. The van der Waals surface area contributed by atoms with E-state index in [2.05, 4.69) is 15.2 Å². The zero-order valence-corrected chi connectivity index (χ0v) is 15.2. The minimum Gasteiger partial charge on any atom is -0.497 e. The highest BCUT2D eigenvalue weighted by Crippen LogP contribution is 2.46. The molecule has 2 aromatic carbocycles. The lowest BCUT2D eigenvalue weighted by Crippen LogP contribution is -2.49. The zero-order chi connectivity index (χ0) is 20.8. The summed E-state index contributed by atoms with van der Waals surface area (Å²) in [6.07, 6.45) is -5.16. The van der Waals surface area contributed by atoms with Gasteiger partial charge in [-0.25, -0.2) is 0 Å². The average Bonchev–Trinajstić information content (AvgIpc) is 2.69. The highest BCUT2D eigenvalue weighted by Gasteiger charge is 2.40. The van der Waals surface area contributed by atoms with E-state index >= 15 is 0 Å². The number of rotatable bonds is 4. The van der Waals surface area contributed by atoms with Crippen molar-refractivity contribution in [2.75, 3.05) is 18.6 Å². The molecule has 10 heteroatoms. The Morgan fingerprint density at radius 1 is 1.17 bits per heavy atom. The molecule has 0 aromatic heterocycles. The lowest BCUT2D eigenvalue weighted by molar-refractivity contribution is -0.274. The smallest absolute Gasteiger partial charge is 0.497 e. The second-order valence-corrected chi connectivity index (χ2v) is 6.71. The van der Waals surface area contributed by atoms with Crippen LogP contribution in [0, 0.1) is 4.91 Å². The van der Waals surface area contributed by atoms with Crippen LogP contribution in [0.15, 0.2) is 41.6 Å². The van der Waals surface area contributed by atoms with Gasteiger partial charge in [-0.2, -0.15) is 4.91 Å². The van der Waals surface area contributed by atoms with E-state index in [0.717, 1.165) is 17.7 Å². The fraction of sp³-hybridized carbons (Fsp3) is 0.316. The van der Waals surface area contributed by atoms with Crippen LogP contribution in [0.3, 0.4) is 0 Å². The predicted octanol–water partition coefficient (Wildman–Crippen LogP) is 4.05. The van der Waals surface area contributed by atoms with E-state index in [1.807, 2.05) is 4.90 Å². The van der Waals surface area contributed by atoms with Gasteiger partial charge in [-0.05, 0) is 36.2 Å². The molecular formula is C19H16F3N3O4. The van der Waals surface area contributed by atoms with Crippen LogP contribution in [-0.2, 0) is 0 Å². The second kappa shape index (κ2) is 6.94. The molecule has 0 bridgehead atoms. The van der Waals surface area contributed by atoms with Gasteiger partial charge in [-0.3, -0.25) is 4.79 Å². The Morgan fingerprint density at radius 2 is 1.90 bits per heavy atom. The number of nitroso groups, excluding NO2 is 1. The van der Waals surface area contributed by atoms with Crippen LogP contribution in [-0.4, -0.2) is 25.9 Å². The number of carbonyl (C=O) groups is 1. The van der Waals surface area contributed by atoms with Gasteiger partial charge in [0.1, 0.15) is 23.7 Å². The molecular weight excluding hydrogens is 391 g/mol. The normalized spacial score (nSPS) is 20.6. The Labute approximate surface area is 163 Å². The van der Waals surface area contributed by atoms with Crippen molar-refractivity contribution in [3.05, 3.63) is 58.0 Å². The molecule has 2 aliphatic heterocycles. The van der Waals surface area contributed by atoms with Gasteiger partial charge in [-0.15, -0.1) is 13.2 Å². The summed E-state index contributed by atoms with van der Waals surface area (Å²) >= 11 is 0. The molecule has 29 heavy (non-hydrogen) atoms. The van der Waals surface area contributed by atoms with Gasteiger partial charge in [0.05, 0.1) is 18.4 Å². The Kier molecular flexibility index (Phi) is 4.56. The van der Waals surface area contributed by atoms with Gasteiger partial charge in [0.25, 0.3) is 5.91 Å². The van der Waals surface area contributed by atoms with Gasteiger partial charge in [0.15, 0.2) is 0 Å². The van der Waals surface area contributed by atoms with Crippen LogP contribution >= 0.6 is 0 Å². The summed E-state index contributed by atoms with van der Waals surface area (Å²) in [4.78, 5) is 25.9. The van der Waals surface area contributed by atoms with E-state index in [1.165, 1.54) is 7.11 Å². The van der Waals surface area contributed by atoms with Crippen molar-refractivity contribution in [3.63, 3.8) is 0 Å². The van der Waals surface area contributed by atoms with Gasteiger partial charge < -0.3 is 19.7 Å². The van der Waals surface area contributed by atoms with Gasteiger partial charge in [-0.1, -0.05) is 17.3 Å². The summed E-state index contributed by atoms with van der Waals surface area (Å²) in [6.45, 7) is 0.396. The number of benzene rings is 2. The van der Waals surface area contributed by atoms with Crippen LogP contribution in [0.25, 0.3) is 0 Å².